The third-order valence-electron chi connectivity index (χ3n) is 4.93. The van der Waals surface area contributed by atoms with Crippen LogP contribution in [0.4, 0.5) is 5.82 Å². The molecule has 1 unspecified atom stereocenters. The number of anilines is 1. The highest BCUT2D eigenvalue weighted by Gasteiger charge is 2.19. The number of imidazole rings is 1. The first-order valence-corrected chi connectivity index (χ1v) is 9.71. The Morgan fingerprint density at radius 1 is 1.36 bits per heavy atom. The number of fused-ring (bicyclic) bond motifs is 3. The maximum Gasteiger partial charge on any atom is 0.243 e. The van der Waals surface area contributed by atoms with Gasteiger partial charge in [0.15, 0.2) is 5.82 Å². The van der Waals surface area contributed by atoms with Crippen LogP contribution in [0, 0.1) is 0 Å². The molecular weight excluding hydrogens is 356 g/mol. The molecule has 3 aromatic rings. The molecule has 0 fully saturated rings. The normalized spacial score (nSPS) is 12.6. The van der Waals surface area contributed by atoms with E-state index in [1.807, 2.05) is 19.1 Å². The van der Waals surface area contributed by atoms with E-state index in [2.05, 4.69) is 21.5 Å². The van der Waals surface area contributed by atoms with Gasteiger partial charge in [-0.05, 0) is 38.3 Å². The lowest BCUT2D eigenvalue weighted by Gasteiger charge is -2.25. The molecule has 0 saturated carbocycles. The summed E-state index contributed by atoms with van der Waals surface area (Å²) in [6.45, 7) is 6.40. The number of pyridine rings is 2. The number of hydrogen-bond donors (Lipinski definition) is 1. The van der Waals surface area contributed by atoms with Gasteiger partial charge in [-0.1, -0.05) is 6.92 Å². The third kappa shape index (κ3) is 3.77. The van der Waals surface area contributed by atoms with Crippen molar-refractivity contribution < 1.29 is 9.63 Å². The number of aromatic nitrogens is 4. The van der Waals surface area contributed by atoms with E-state index in [0.717, 1.165) is 54.6 Å². The van der Waals surface area contributed by atoms with Crippen LogP contribution in [-0.4, -0.2) is 43.6 Å². The first-order chi connectivity index (χ1) is 13.5. The standard InChI is InChI=1S/C20H28N6O2/c1-5-8-16-24-18-19(17-15(23-20(18)21)10-6-11-22-17)25(16)12-7-9-13(2)26(28-4)14(3)27/h6,10-11,13H,5,7-9,12H2,1-4H3,(H2,21,23). The van der Waals surface area contributed by atoms with E-state index in [-0.39, 0.29) is 11.9 Å². The molecule has 28 heavy (non-hydrogen) atoms. The molecule has 1 atom stereocenters. The number of nitrogens with zero attached hydrogens (tertiary/aromatic N) is 5. The van der Waals surface area contributed by atoms with Gasteiger partial charge in [0.05, 0.1) is 18.7 Å². The highest BCUT2D eigenvalue weighted by Crippen LogP contribution is 2.28. The molecule has 0 aliphatic carbocycles. The van der Waals surface area contributed by atoms with Crippen LogP contribution in [0.15, 0.2) is 18.3 Å². The summed E-state index contributed by atoms with van der Waals surface area (Å²) in [6, 6.07) is 3.77. The Kier molecular flexibility index (Phi) is 6.08. The van der Waals surface area contributed by atoms with Gasteiger partial charge in [-0.2, -0.15) is 0 Å². The van der Waals surface area contributed by atoms with Crippen molar-refractivity contribution in [2.24, 2.45) is 0 Å². The van der Waals surface area contributed by atoms with Gasteiger partial charge in [-0.3, -0.25) is 14.6 Å². The fourth-order valence-electron chi connectivity index (χ4n) is 3.71. The first-order valence-electron chi connectivity index (χ1n) is 9.71. The number of nitrogen functional groups attached to an aromatic ring is 1. The third-order valence-corrected chi connectivity index (χ3v) is 4.93. The second kappa shape index (κ2) is 8.52. The number of rotatable bonds is 8. The van der Waals surface area contributed by atoms with Gasteiger partial charge >= 0.3 is 0 Å². The van der Waals surface area contributed by atoms with Crippen molar-refractivity contribution >= 4 is 33.8 Å². The molecule has 0 aliphatic rings. The summed E-state index contributed by atoms with van der Waals surface area (Å²) in [7, 11) is 1.52. The molecule has 0 bridgehead atoms. The SMILES string of the molecule is CCCc1nc2c(N)nc3cccnc3c2n1CCCC(C)N(OC)C(C)=O. The largest absolute Gasteiger partial charge is 0.382 e. The molecule has 8 nitrogen and oxygen atoms in total. The topological polar surface area (TPSA) is 99.2 Å². The zero-order valence-corrected chi connectivity index (χ0v) is 17.0. The Hall–Kier alpha value is -2.74. The molecule has 0 spiro atoms. The number of aryl methyl sites for hydroxylation is 2. The molecule has 3 aromatic heterocycles. The average Bonchev–Trinajstić information content (AvgIpc) is 3.02. The molecule has 1 amide bonds. The van der Waals surface area contributed by atoms with Gasteiger partial charge in [-0.25, -0.2) is 15.0 Å². The molecule has 0 aliphatic heterocycles. The number of amides is 1. The van der Waals surface area contributed by atoms with E-state index in [1.165, 1.54) is 19.1 Å². The van der Waals surface area contributed by atoms with Crippen LogP contribution < -0.4 is 5.73 Å². The Bertz CT molecular complexity index is 984. The average molecular weight is 384 g/mol. The molecular formula is C20H28N6O2. The van der Waals surface area contributed by atoms with Crippen molar-refractivity contribution in [2.45, 2.75) is 59.0 Å². The highest BCUT2D eigenvalue weighted by molar-refractivity contribution is 6.04. The van der Waals surface area contributed by atoms with E-state index in [0.29, 0.717) is 11.3 Å². The van der Waals surface area contributed by atoms with Crippen molar-refractivity contribution in [3.8, 4) is 0 Å². The maximum atomic E-state index is 11.7. The minimum atomic E-state index is -0.0937. The van der Waals surface area contributed by atoms with Crippen molar-refractivity contribution in [3.63, 3.8) is 0 Å². The van der Waals surface area contributed by atoms with Gasteiger partial charge < -0.3 is 10.3 Å². The van der Waals surface area contributed by atoms with E-state index in [1.54, 1.807) is 6.20 Å². The summed E-state index contributed by atoms with van der Waals surface area (Å²) in [5, 5.41) is 1.41. The highest BCUT2D eigenvalue weighted by atomic mass is 16.7. The minimum absolute atomic E-state index is 0.00600. The zero-order valence-electron chi connectivity index (χ0n) is 17.0. The van der Waals surface area contributed by atoms with Crippen LogP contribution in [0.5, 0.6) is 0 Å². The number of carbonyl (C=O) groups is 1. The predicted octanol–water partition coefficient (Wildman–Crippen LogP) is 3.09. The number of hydroxylamine groups is 2. The fraction of sp³-hybridized carbons (Fsp3) is 0.500. The second-order valence-corrected chi connectivity index (χ2v) is 7.01. The number of nitrogens with two attached hydrogens (primary N) is 1. The van der Waals surface area contributed by atoms with E-state index < -0.39 is 0 Å². The van der Waals surface area contributed by atoms with Crippen molar-refractivity contribution in [1.82, 2.24) is 24.6 Å². The summed E-state index contributed by atoms with van der Waals surface area (Å²) in [4.78, 5) is 30.6. The molecule has 8 heteroatoms. The van der Waals surface area contributed by atoms with Gasteiger partial charge in [0, 0.05) is 26.1 Å². The van der Waals surface area contributed by atoms with Gasteiger partial charge in [0.2, 0.25) is 5.91 Å². The van der Waals surface area contributed by atoms with Crippen LogP contribution in [0.3, 0.4) is 0 Å². The van der Waals surface area contributed by atoms with Crippen molar-refractivity contribution in [3.05, 3.63) is 24.2 Å². The first kappa shape index (κ1) is 20.0. The molecule has 2 N–H and O–H groups in total. The van der Waals surface area contributed by atoms with Gasteiger partial charge in [0.1, 0.15) is 22.4 Å². The Labute approximate surface area is 164 Å². The van der Waals surface area contributed by atoms with Crippen LogP contribution >= 0.6 is 0 Å². The fourth-order valence-corrected chi connectivity index (χ4v) is 3.71. The Balaban J connectivity index is 1.95. The summed E-state index contributed by atoms with van der Waals surface area (Å²) in [5.41, 5.74) is 9.43. The quantitative estimate of drug-likeness (QED) is 0.599. The predicted molar refractivity (Wildman–Crippen MR) is 109 cm³/mol. The second-order valence-electron chi connectivity index (χ2n) is 7.01. The van der Waals surface area contributed by atoms with Crippen LogP contribution in [0.25, 0.3) is 22.1 Å². The van der Waals surface area contributed by atoms with Crippen LogP contribution in [-0.2, 0) is 22.6 Å². The summed E-state index contributed by atoms with van der Waals surface area (Å²) < 4.78 is 2.21. The zero-order chi connectivity index (χ0) is 20.3. The summed E-state index contributed by atoms with van der Waals surface area (Å²) in [6.07, 6.45) is 5.29. The van der Waals surface area contributed by atoms with Gasteiger partial charge in [0.25, 0.3) is 0 Å². The molecule has 3 rings (SSSR count). The van der Waals surface area contributed by atoms with Crippen molar-refractivity contribution in [2.75, 3.05) is 12.8 Å². The number of carbonyl (C=O) groups excluding carboxylic acids is 1. The van der Waals surface area contributed by atoms with E-state index in [9.17, 15) is 4.79 Å². The minimum Gasteiger partial charge on any atom is -0.382 e. The number of hydrogen-bond acceptors (Lipinski definition) is 6. The van der Waals surface area contributed by atoms with Crippen LogP contribution in [0.2, 0.25) is 0 Å². The molecule has 0 radical (unpaired) electrons. The lowest BCUT2D eigenvalue weighted by Crippen LogP contribution is -2.36. The summed E-state index contributed by atoms with van der Waals surface area (Å²) in [5.74, 6) is 1.33. The molecule has 3 heterocycles. The summed E-state index contributed by atoms with van der Waals surface area (Å²) >= 11 is 0. The molecule has 150 valence electrons. The van der Waals surface area contributed by atoms with Crippen molar-refractivity contribution in [1.29, 1.82) is 0 Å². The van der Waals surface area contributed by atoms with E-state index >= 15 is 0 Å². The Morgan fingerprint density at radius 3 is 2.82 bits per heavy atom. The smallest absolute Gasteiger partial charge is 0.243 e. The maximum absolute atomic E-state index is 11.7. The van der Waals surface area contributed by atoms with Gasteiger partial charge in [-0.15, -0.1) is 0 Å². The Morgan fingerprint density at radius 2 is 2.14 bits per heavy atom. The lowest BCUT2D eigenvalue weighted by molar-refractivity contribution is -0.185. The molecule has 0 saturated heterocycles. The molecule has 0 aromatic carbocycles. The van der Waals surface area contributed by atoms with E-state index in [4.69, 9.17) is 15.6 Å². The lowest BCUT2D eigenvalue weighted by atomic mass is 10.1. The monoisotopic (exact) mass is 384 g/mol. The van der Waals surface area contributed by atoms with Crippen LogP contribution in [0.1, 0.15) is 45.9 Å².